The first-order valence-corrected chi connectivity index (χ1v) is 7.57. The second-order valence-corrected chi connectivity index (χ2v) is 5.41. The maximum atomic E-state index is 12.9. The largest absolute Gasteiger partial charge is 0.304 e. The van der Waals surface area contributed by atoms with E-state index >= 15 is 0 Å². The van der Waals surface area contributed by atoms with E-state index in [-0.39, 0.29) is 5.91 Å². The van der Waals surface area contributed by atoms with Crippen LogP contribution in [0.5, 0.6) is 0 Å². The van der Waals surface area contributed by atoms with Crippen LogP contribution in [0.25, 0.3) is 0 Å². The highest BCUT2D eigenvalue weighted by Gasteiger charge is 2.17. The Morgan fingerprint density at radius 2 is 1.35 bits per heavy atom. The van der Waals surface area contributed by atoms with Gasteiger partial charge in [-0.2, -0.15) is 0 Å². The van der Waals surface area contributed by atoms with Crippen LogP contribution < -0.4 is 4.90 Å². The predicted molar refractivity (Wildman–Crippen MR) is 94.3 cm³/mol. The van der Waals surface area contributed by atoms with E-state index in [2.05, 4.69) is 6.92 Å². The van der Waals surface area contributed by atoms with Gasteiger partial charge in [-0.25, -0.2) is 0 Å². The molecule has 0 saturated heterocycles. The van der Waals surface area contributed by atoms with Crippen LogP contribution in [0.3, 0.4) is 0 Å². The SMILES string of the molecule is [CH2]c1ccc(N(Cc2ccccc2)C(=O)c2ccccc2)cc1. The fourth-order valence-corrected chi connectivity index (χ4v) is 2.46. The number of carbonyl (C=O) groups is 1. The van der Waals surface area contributed by atoms with E-state index in [1.165, 1.54) is 0 Å². The quantitative estimate of drug-likeness (QED) is 0.683. The third-order valence-electron chi connectivity index (χ3n) is 3.70. The Labute approximate surface area is 137 Å². The molecule has 0 bridgehead atoms. The average Bonchev–Trinajstić information content (AvgIpc) is 2.62. The van der Waals surface area contributed by atoms with Gasteiger partial charge in [0.25, 0.3) is 5.91 Å². The van der Waals surface area contributed by atoms with E-state index in [1.807, 2.05) is 84.9 Å². The van der Waals surface area contributed by atoms with Crippen molar-refractivity contribution in [3.63, 3.8) is 0 Å². The van der Waals surface area contributed by atoms with Crippen molar-refractivity contribution in [2.24, 2.45) is 0 Å². The molecule has 0 aromatic heterocycles. The summed E-state index contributed by atoms with van der Waals surface area (Å²) in [4.78, 5) is 14.7. The first kappa shape index (κ1) is 15.0. The van der Waals surface area contributed by atoms with Crippen LogP contribution in [0.1, 0.15) is 21.5 Å². The van der Waals surface area contributed by atoms with Crippen molar-refractivity contribution in [3.05, 3.63) is 109 Å². The van der Waals surface area contributed by atoms with Crippen molar-refractivity contribution in [1.82, 2.24) is 0 Å². The van der Waals surface area contributed by atoms with Gasteiger partial charge in [0.15, 0.2) is 0 Å². The zero-order valence-electron chi connectivity index (χ0n) is 12.9. The van der Waals surface area contributed by atoms with Gasteiger partial charge < -0.3 is 4.90 Å². The molecule has 2 nitrogen and oxygen atoms in total. The zero-order chi connectivity index (χ0) is 16.1. The summed E-state index contributed by atoms with van der Waals surface area (Å²) in [7, 11) is 0. The summed E-state index contributed by atoms with van der Waals surface area (Å²) in [6.45, 7) is 4.44. The molecule has 0 unspecified atom stereocenters. The minimum Gasteiger partial charge on any atom is -0.304 e. The Morgan fingerprint density at radius 1 is 0.783 bits per heavy atom. The lowest BCUT2D eigenvalue weighted by Crippen LogP contribution is -2.30. The number of rotatable bonds is 4. The molecule has 0 aliphatic heterocycles. The minimum atomic E-state index is -0.00809. The first-order chi connectivity index (χ1) is 11.2. The van der Waals surface area contributed by atoms with Crippen LogP contribution in [0.4, 0.5) is 5.69 Å². The molecule has 0 aliphatic rings. The average molecular weight is 300 g/mol. The molecule has 0 spiro atoms. The van der Waals surface area contributed by atoms with Crippen molar-refractivity contribution < 1.29 is 4.79 Å². The normalized spacial score (nSPS) is 10.3. The van der Waals surface area contributed by atoms with E-state index in [4.69, 9.17) is 0 Å². The molecule has 0 aliphatic carbocycles. The number of anilines is 1. The van der Waals surface area contributed by atoms with Crippen LogP contribution in [0.15, 0.2) is 84.9 Å². The van der Waals surface area contributed by atoms with Gasteiger partial charge in [-0.05, 0) is 42.3 Å². The fraction of sp³-hybridized carbons (Fsp3) is 0.0476. The first-order valence-electron chi connectivity index (χ1n) is 7.57. The predicted octanol–water partition coefficient (Wildman–Crippen LogP) is 4.72. The summed E-state index contributed by atoms with van der Waals surface area (Å²) in [5.74, 6) is -0.00809. The molecular weight excluding hydrogens is 282 g/mol. The molecule has 0 atom stereocenters. The van der Waals surface area contributed by atoms with Gasteiger partial charge >= 0.3 is 0 Å². The molecule has 3 aromatic carbocycles. The van der Waals surface area contributed by atoms with Gasteiger partial charge in [0.2, 0.25) is 0 Å². The lowest BCUT2D eigenvalue weighted by molar-refractivity contribution is 0.0985. The van der Waals surface area contributed by atoms with Crippen LogP contribution in [-0.4, -0.2) is 5.91 Å². The molecule has 23 heavy (non-hydrogen) atoms. The van der Waals surface area contributed by atoms with Gasteiger partial charge in [0, 0.05) is 11.3 Å². The van der Waals surface area contributed by atoms with E-state index in [1.54, 1.807) is 4.90 Å². The second kappa shape index (κ2) is 6.93. The number of nitrogens with zero attached hydrogens (tertiary/aromatic N) is 1. The molecular formula is C21H18NO. The lowest BCUT2D eigenvalue weighted by atomic mass is 10.1. The Kier molecular flexibility index (Phi) is 4.53. The summed E-state index contributed by atoms with van der Waals surface area (Å²) in [6.07, 6.45) is 0. The van der Waals surface area contributed by atoms with Crippen LogP contribution in [-0.2, 0) is 6.54 Å². The van der Waals surface area contributed by atoms with Crippen molar-refractivity contribution in [2.75, 3.05) is 4.90 Å². The molecule has 3 rings (SSSR count). The number of benzene rings is 3. The summed E-state index contributed by atoms with van der Waals surface area (Å²) in [6, 6.07) is 27.1. The van der Waals surface area contributed by atoms with Crippen molar-refractivity contribution in [2.45, 2.75) is 6.54 Å². The molecule has 2 heteroatoms. The summed E-state index contributed by atoms with van der Waals surface area (Å²) < 4.78 is 0. The van der Waals surface area contributed by atoms with Crippen LogP contribution in [0.2, 0.25) is 0 Å². The fourth-order valence-electron chi connectivity index (χ4n) is 2.46. The summed E-state index contributed by atoms with van der Waals surface area (Å²) in [5.41, 5.74) is 3.58. The number of hydrogen-bond donors (Lipinski definition) is 0. The van der Waals surface area contributed by atoms with Crippen molar-refractivity contribution in [1.29, 1.82) is 0 Å². The highest BCUT2D eigenvalue weighted by Crippen LogP contribution is 2.21. The van der Waals surface area contributed by atoms with E-state index < -0.39 is 0 Å². The highest BCUT2D eigenvalue weighted by atomic mass is 16.2. The molecule has 0 fully saturated rings. The summed E-state index contributed by atoms with van der Waals surface area (Å²) in [5, 5.41) is 0. The Balaban J connectivity index is 1.96. The molecule has 0 heterocycles. The molecule has 3 aromatic rings. The third kappa shape index (κ3) is 3.67. The molecule has 0 N–H and O–H groups in total. The standard InChI is InChI=1S/C21H18NO/c1-17-12-14-20(15-13-17)22(16-18-8-4-2-5-9-18)21(23)19-10-6-3-7-11-19/h2-15H,1,16H2. The zero-order valence-corrected chi connectivity index (χ0v) is 12.9. The minimum absolute atomic E-state index is 0.00809. The van der Waals surface area contributed by atoms with Crippen LogP contribution >= 0.6 is 0 Å². The number of hydrogen-bond acceptors (Lipinski definition) is 1. The van der Waals surface area contributed by atoms with Crippen LogP contribution in [0, 0.1) is 6.92 Å². The van der Waals surface area contributed by atoms with Gasteiger partial charge in [0.05, 0.1) is 6.54 Å². The molecule has 1 radical (unpaired) electrons. The molecule has 1 amide bonds. The Bertz CT molecular complexity index is 764. The smallest absolute Gasteiger partial charge is 0.258 e. The maximum Gasteiger partial charge on any atom is 0.258 e. The van der Waals surface area contributed by atoms with E-state index in [9.17, 15) is 4.79 Å². The Hall–Kier alpha value is -2.87. The van der Waals surface area contributed by atoms with Gasteiger partial charge in [-0.3, -0.25) is 4.79 Å². The maximum absolute atomic E-state index is 12.9. The van der Waals surface area contributed by atoms with Crippen molar-refractivity contribution in [3.8, 4) is 0 Å². The monoisotopic (exact) mass is 300 g/mol. The Morgan fingerprint density at radius 3 is 1.96 bits per heavy atom. The lowest BCUT2D eigenvalue weighted by Gasteiger charge is -2.23. The van der Waals surface area contributed by atoms with Crippen molar-refractivity contribution >= 4 is 11.6 Å². The molecule has 113 valence electrons. The third-order valence-corrected chi connectivity index (χ3v) is 3.70. The topological polar surface area (TPSA) is 20.3 Å². The highest BCUT2D eigenvalue weighted by molar-refractivity contribution is 6.06. The summed E-state index contributed by atoms with van der Waals surface area (Å²) >= 11 is 0. The van der Waals surface area contributed by atoms with Gasteiger partial charge in [0.1, 0.15) is 0 Å². The molecule has 0 saturated carbocycles. The second-order valence-electron chi connectivity index (χ2n) is 5.41. The van der Waals surface area contributed by atoms with E-state index in [0.29, 0.717) is 12.1 Å². The van der Waals surface area contributed by atoms with Gasteiger partial charge in [-0.1, -0.05) is 60.7 Å². The van der Waals surface area contributed by atoms with Gasteiger partial charge in [-0.15, -0.1) is 0 Å². The number of amides is 1. The number of carbonyl (C=O) groups excluding carboxylic acids is 1. The van der Waals surface area contributed by atoms with E-state index in [0.717, 1.165) is 16.8 Å².